The smallest absolute Gasteiger partial charge is 0.331 e. The van der Waals surface area contributed by atoms with Gasteiger partial charge in [0.15, 0.2) is 0 Å². The SMILES string of the molecule is CCOCCC(=NOC(C)=O)c1ccc(-n2c3ccc(C(=O)c4cccs4)cc3c3cc(C(CCOCC)=NOC(C)=O)ccc32)cc1. The topological polar surface area (TPSA) is 118 Å². The molecule has 0 spiro atoms. The lowest BCUT2D eigenvalue weighted by Gasteiger charge is -2.11. The van der Waals surface area contributed by atoms with Crippen LogP contribution in [0.25, 0.3) is 27.5 Å². The van der Waals surface area contributed by atoms with Crippen LogP contribution in [0.3, 0.4) is 0 Å². The van der Waals surface area contributed by atoms with Gasteiger partial charge in [-0.25, -0.2) is 9.59 Å². The quantitative estimate of drug-likeness (QED) is 0.0374. The highest BCUT2D eigenvalue weighted by Crippen LogP contribution is 2.34. The van der Waals surface area contributed by atoms with Crippen molar-refractivity contribution >= 4 is 62.3 Å². The Kier molecular flexibility index (Phi) is 11.6. The van der Waals surface area contributed by atoms with Crippen molar-refractivity contribution in [3.8, 4) is 5.69 Å². The molecule has 0 N–H and O–H groups in total. The molecule has 2 aromatic heterocycles. The van der Waals surface area contributed by atoms with E-state index in [-0.39, 0.29) is 5.78 Å². The Morgan fingerprint density at radius 3 is 1.73 bits per heavy atom. The van der Waals surface area contributed by atoms with Gasteiger partial charge in [-0.05, 0) is 73.3 Å². The van der Waals surface area contributed by atoms with Crippen LogP contribution in [0.15, 0.2) is 88.5 Å². The van der Waals surface area contributed by atoms with Crippen molar-refractivity contribution in [2.24, 2.45) is 10.3 Å². The van der Waals surface area contributed by atoms with Crippen LogP contribution in [0.2, 0.25) is 0 Å². The summed E-state index contributed by atoms with van der Waals surface area (Å²) in [6.07, 6.45) is 0.912. The van der Waals surface area contributed by atoms with Crippen LogP contribution in [0, 0.1) is 0 Å². The Hall–Kier alpha value is -4.97. The third-order valence-electron chi connectivity index (χ3n) is 7.51. The van der Waals surface area contributed by atoms with E-state index in [0.717, 1.165) is 38.6 Å². The van der Waals surface area contributed by atoms with Gasteiger partial charge in [-0.3, -0.25) is 4.79 Å². The highest BCUT2D eigenvalue weighted by atomic mass is 32.1. The summed E-state index contributed by atoms with van der Waals surface area (Å²) in [5.41, 5.74) is 6.00. The number of hydrogen-bond acceptors (Lipinski definition) is 10. The van der Waals surface area contributed by atoms with E-state index in [9.17, 15) is 14.4 Å². The van der Waals surface area contributed by atoms with E-state index >= 15 is 0 Å². The molecule has 5 rings (SSSR count). The molecule has 10 nitrogen and oxygen atoms in total. The van der Waals surface area contributed by atoms with Gasteiger partial charge in [0, 0.05) is 67.5 Å². The fourth-order valence-corrected chi connectivity index (χ4v) is 6.01. The number of fused-ring (bicyclic) bond motifs is 3. The number of hydrogen-bond donors (Lipinski definition) is 0. The number of nitrogens with zero attached hydrogens (tertiary/aromatic N) is 3. The van der Waals surface area contributed by atoms with E-state index in [1.165, 1.54) is 25.2 Å². The molecule has 0 radical (unpaired) electrons. The van der Waals surface area contributed by atoms with E-state index in [2.05, 4.69) is 14.9 Å². The number of oxime groups is 2. The monoisotopic (exact) mass is 667 g/mol. The maximum Gasteiger partial charge on any atom is 0.331 e. The molecule has 0 saturated heterocycles. The van der Waals surface area contributed by atoms with E-state index in [4.69, 9.17) is 19.1 Å². The van der Waals surface area contributed by atoms with E-state index in [0.29, 0.717) is 61.1 Å². The molecule has 2 heterocycles. The summed E-state index contributed by atoms with van der Waals surface area (Å²) in [4.78, 5) is 47.2. The minimum atomic E-state index is -0.513. The summed E-state index contributed by atoms with van der Waals surface area (Å²) in [5.74, 6) is -1.06. The van der Waals surface area contributed by atoms with Gasteiger partial charge in [0.25, 0.3) is 0 Å². The number of aromatic nitrogens is 1. The number of rotatable bonds is 15. The third-order valence-corrected chi connectivity index (χ3v) is 8.38. The molecule has 0 aliphatic rings. The van der Waals surface area contributed by atoms with Gasteiger partial charge in [-0.15, -0.1) is 11.3 Å². The normalized spacial score (nSPS) is 12.1. The van der Waals surface area contributed by atoms with Crippen LogP contribution in [-0.4, -0.2) is 60.1 Å². The molecule has 3 aromatic carbocycles. The summed E-state index contributed by atoms with van der Waals surface area (Å²) in [6.45, 7) is 8.42. The van der Waals surface area contributed by atoms with Crippen LogP contribution in [0.4, 0.5) is 0 Å². The predicted molar refractivity (Wildman–Crippen MR) is 187 cm³/mol. The summed E-state index contributed by atoms with van der Waals surface area (Å²) in [5, 5.41) is 11.9. The van der Waals surface area contributed by atoms with Gasteiger partial charge in [0.1, 0.15) is 0 Å². The zero-order chi connectivity index (χ0) is 34.0. The van der Waals surface area contributed by atoms with Crippen LogP contribution in [-0.2, 0) is 28.7 Å². The second-order valence-corrected chi connectivity index (χ2v) is 11.7. The maximum absolute atomic E-state index is 13.4. The Balaban J connectivity index is 1.64. The first-order valence-corrected chi connectivity index (χ1v) is 16.6. The number of carbonyl (C=O) groups excluding carboxylic acids is 3. The molecule has 0 aliphatic carbocycles. The van der Waals surface area contributed by atoms with Crippen molar-refractivity contribution in [2.75, 3.05) is 26.4 Å². The summed E-state index contributed by atoms with van der Waals surface area (Å²) in [6, 6.07) is 23.2. The van der Waals surface area contributed by atoms with Gasteiger partial charge in [-0.2, -0.15) is 0 Å². The third kappa shape index (κ3) is 8.11. The molecule has 248 valence electrons. The van der Waals surface area contributed by atoms with Crippen molar-refractivity contribution in [1.29, 1.82) is 0 Å². The average Bonchev–Trinajstić information content (AvgIpc) is 3.74. The number of benzene rings is 3. The summed E-state index contributed by atoms with van der Waals surface area (Å²) in [7, 11) is 0. The van der Waals surface area contributed by atoms with Gasteiger partial charge in [-0.1, -0.05) is 34.6 Å². The molecular formula is C37H37N3O7S. The fraction of sp³-hybridized carbons (Fsp3) is 0.270. The molecule has 5 aromatic rings. The summed E-state index contributed by atoms with van der Waals surface area (Å²) < 4.78 is 13.2. The first kappa shape index (κ1) is 34.4. The highest BCUT2D eigenvalue weighted by molar-refractivity contribution is 7.12. The first-order chi connectivity index (χ1) is 23.3. The Morgan fingerprint density at radius 2 is 1.21 bits per heavy atom. The van der Waals surface area contributed by atoms with E-state index in [1.54, 1.807) is 0 Å². The minimum Gasteiger partial charge on any atom is -0.381 e. The molecule has 0 bridgehead atoms. The molecule has 0 aliphatic heterocycles. The van der Waals surface area contributed by atoms with Gasteiger partial charge >= 0.3 is 11.9 Å². The largest absolute Gasteiger partial charge is 0.381 e. The van der Waals surface area contributed by atoms with Gasteiger partial charge in [0.2, 0.25) is 5.78 Å². The lowest BCUT2D eigenvalue weighted by Crippen LogP contribution is -2.09. The standard InChI is InChI=1S/C37H37N3O7S/c1-5-44-19-17-32(38-46-24(3)41)26-9-13-29(14-10-26)40-34-15-11-27(33(18-20-45-6-2)39-47-25(4)42)22-30(34)31-23-28(12-16-35(31)40)37(43)36-8-7-21-48-36/h7-16,21-23H,5-6,17-20H2,1-4H3. The predicted octanol–water partition coefficient (Wildman–Crippen LogP) is 7.46. The average molecular weight is 668 g/mol. The molecule has 48 heavy (non-hydrogen) atoms. The second-order valence-electron chi connectivity index (χ2n) is 10.8. The molecule has 11 heteroatoms. The molecule has 0 amide bonds. The fourth-order valence-electron chi connectivity index (χ4n) is 5.33. The van der Waals surface area contributed by atoms with Crippen molar-refractivity contribution in [1.82, 2.24) is 4.57 Å². The summed E-state index contributed by atoms with van der Waals surface area (Å²) >= 11 is 1.41. The zero-order valence-corrected chi connectivity index (χ0v) is 28.2. The maximum atomic E-state index is 13.4. The van der Waals surface area contributed by atoms with Gasteiger partial charge < -0.3 is 23.7 Å². The molecule has 0 fully saturated rings. The lowest BCUT2D eigenvalue weighted by molar-refractivity contribution is -0.141. The molecule has 0 atom stereocenters. The highest BCUT2D eigenvalue weighted by Gasteiger charge is 2.19. The Labute approximate surface area is 282 Å². The Morgan fingerprint density at radius 1 is 0.688 bits per heavy atom. The second kappa shape index (κ2) is 16.2. The van der Waals surface area contributed by atoms with Crippen LogP contribution in [0.5, 0.6) is 0 Å². The van der Waals surface area contributed by atoms with Crippen LogP contribution < -0.4 is 0 Å². The zero-order valence-electron chi connectivity index (χ0n) is 27.4. The molecular weight excluding hydrogens is 630 g/mol. The van der Waals surface area contributed by atoms with Crippen molar-refractivity contribution in [3.63, 3.8) is 0 Å². The first-order valence-electron chi connectivity index (χ1n) is 15.7. The van der Waals surface area contributed by atoms with Crippen LogP contribution >= 0.6 is 11.3 Å². The molecule has 0 unspecified atom stereocenters. The van der Waals surface area contributed by atoms with E-state index in [1.807, 2.05) is 92.0 Å². The number of ether oxygens (including phenoxy) is 2. The number of thiophene rings is 1. The number of carbonyl (C=O) groups is 3. The molecule has 0 saturated carbocycles. The Bertz CT molecular complexity index is 1980. The van der Waals surface area contributed by atoms with Crippen molar-refractivity contribution in [3.05, 3.63) is 99.7 Å². The van der Waals surface area contributed by atoms with Crippen molar-refractivity contribution < 1.29 is 33.5 Å². The van der Waals surface area contributed by atoms with E-state index < -0.39 is 11.9 Å². The van der Waals surface area contributed by atoms with Crippen LogP contribution in [0.1, 0.15) is 66.9 Å². The van der Waals surface area contributed by atoms with Gasteiger partial charge in [0.05, 0.1) is 40.5 Å². The minimum absolute atomic E-state index is 0.0474. The van der Waals surface area contributed by atoms with Crippen molar-refractivity contribution in [2.45, 2.75) is 40.5 Å². The number of ketones is 1. The lowest BCUT2D eigenvalue weighted by atomic mass is 10.0.